The largest absolute Gasteiger partial charge is 0.497 e. The second-order valence-electron chi connectivity index (χ2n) is 6.81. The molecule has 7 heteroatoms. The van der Waals surface area contributed by atoms with E-state index in [0.29, 0.717) is 11.9 Å². The fourth-order valence-corrected chi connectivity index (χ4v) is 3.36. The minimum Gasteiger partial charge on any atom is -0.497 e. The molecule has 0 spiro atoms. The van der Waals surface area contributed by atoms with Crippen LogP contribution in [0.25, 0.3) is 11.4 Å². The number of methoxy groups -OCH3 is 1. The lowest BCUT2D eigenvalue weighted by molar-refractivity contribution is -0.131. The van der Waals surface area contributed by atoms with Crippen LogP contribution in [-0.4, -0.2) is 44.2 Å². The zero-order chi connectivity index (χ0) is 17.9. The third kappa shape index (κ3) is 3.61. The van der Waals surface area contributed by atoms with E-state index in [-0.39, 0.29) is 12.5 Å². The Morgan fingerprint density at radius 2 is 2.23 bits per heavy atom. The van der Waals surface area contributed by atoms with E-state index in [1.54, 1.807) is 7.11 Å². The second kappa shape index (κ2) is 7.27. The molecule has 4 rings (SSSR count). The molecule has 0 radical (unpaired) electrons. The quantitative estimate of drug-likeness (QED) is 0.798. The number of carbonyl (C=O) groups is 1. The van der Waals surface area contributed by atoms with Crippen LogP contribution in [0.15, 0.2) is 36.0 Å². The van der Waals surface area contributed by atoms with Gasteiger partial charge in [-0.15, -0.1) is 10.2 Å². The molecular formula is C19H23N5O2. The summed E-state index contributed by atoms with van der Waals surface area (Å²) in [6.45, 7) is 0.116. The van der Waals surface area contributed by atoms with E-state index in [4.69, 9.17) is 4.74 Å². The summed E-state index contributed by atoms with van der Waals surface area (Å²) in [6.07, 6.45) is 8.81. The summed E-state index contributed by atoms with van der Waals surface area (Å²) in [5, 5.41) is 12.5. The molecule has 1 aromatic carbocycles. The van der Waals surface area contributed by atoms with Gasteiger partial charge in [-0.2, -0.15) is 4.80 Å². The smallest absolute Gasteiger partial charge is 0.250 e. The zero-order valence-electron chi connectivity index (χ0n) is 15.0. The summed E-state index contributed by atoms with van der Waals surface area (Å²) in [5.74, 6) is 1.28. The number of benzene rings is 1. The Morgan fingerprint density at radius 3 is 2.96 bits per heavy atom. The molecule has 0 saturated heterocycles. The number of ether oxygens (including phenoxy) is 1. The molecule has 1 saturated carbocycles. The number of carbonyl (C=O) groups excluding carboxylic acids is 1. The molecule has 0 aliphatic heterocycles. The highest BCUT2D eigenvalue weighted by Gasteiger charge is 2.35. The van der Waals surface area contributed by atoms with Gasteiger partial charge in [-0.1, -0.05) is 18.2 Å². The Labute approximate surface area is 152 Å². The van der Waals surface area contributed by atoms with E-state index in [0.717, 1.165) is 43.4 Å². The maximum absolute atomic E-state index is 12.9. The lowest BCUT2D eigenvalue weighted by Gasteiger charge is -2.27. The molecule has 0 N–H and O–H groups in total. The van der Waals surface area contributed by atoms with Crippen molar-refractivity contribution in [3.05, 3.63) is 36.0 Å². The Hall–Kier alpha value is -2.70. The van der Waals surface area contributed by atoms with Crippen LogP contribution in [0.3, 0.4) is 0 Å². The summed E-state index contributed by atoms with van der Waals surface area (Å²) in [6, 6.07) is 7.85. The number of hydrogen-bond acceptors (Lipinski definition) is 5. The standard InChI is InChI=1S/C19H23N5O2/c1-26-17-9-5-6-14(12-17)19-20-22-23(21-19)13-18(25)24(16-10-11-16)15-7-3-2-4-8-15/h5-7,9,12,16H,2-4,8,10-11,13H2,1H3. The summed E-state index contributed by atoms with van der Waals surface area (Å²) < 4.78 is 5.23. The molecule has 136 valence electrons. The van der Waals surface area contributed by atoms with Crippen molar-refractivity contribution in [2.45, 2.75) is 51.1 Å². The molecule has 26 heavy (non-hydrogen) atoms. The summed E-state index contributed by atoms with van der Waals surface area (Å²) >= 11 is 0. The summed E-state index contributed by atoms with van der Waals surface area (Å²) in [4.78, 5) is 16.2. The van der Waals surface area contributed by atoms with Crippen LogP contribution in [-0.2, 0) is 11.3 Å². The number of aromatic nitrogens is 4. The Kier molecular flexibility index (Phi) is 4.69. The number of amides is 1. The van der Waals surface area contributed by atoms with E-state index in [2.05, 4.69) is 21.5 Å². The zero-order valence-corrected chi connectivity index (χ0v) is 15.0. The minimum atomic E-state index is 0.0512. The topological polar surface area (TPSA) is 73.1 Å². The number of rotatable bonds is 6. The molecule has 2 aromatic rings. The maximum Gasteiger partial charge on any atom is 0.250 e. The minimum absolute atomic E-state index is 0.0512. The molecule has 7 nitrogen and oxygen atoms in total. The first kappa shape index (κ1) is 16.8. The highest BCUT2D eigenvalue weighted by atomic mass is 16.5. The average Bonchev–Trinajstić information content (AvgIpc) is 3.40. The van der Waals surface area contributed by atoms with Crippen LogP contribution in [0.2, 0.25) is 0 Å². The van der Waals surface area contributed by atoms with Crippen LogP contribution in [0.5, 0.6) is 5.75 Å². The van der Waals surface area contributed by atoms with E-state index >= 15 is 0 Å². The predicted molar refractivity (Wildman–Crippen MR) is 96.2 cm³/mol. The molecule has 2 aliphatic carbocycles. The van der Waals surface area contributed by atoms with Crippen molar-refractivity contribution in [1.82, 2.24) is 25.1 Å². The van der Waals surface area contributed by atoms with Gasteiger partial charge in [-0.3, -0.25) is 4.79 Å². The first-order valence-electron chi connectivity index (χ1n) is 9.18. The van der Waals surface area contributed by atoms with Crippen molar-refractivity contribution in [1.29, 1.82) is 0 Å². The van der Waals surface area contributed by atoms with E-state index in [9.17, 15) is 4.79 Å². The van der Waals surface area contributed by atoms with Crippen molar-refractivity contribution in [3.8, 4) is 17.1 Å². The fraction of sp³-hybridized carbons (Fsp3) is 0.474. The van der Waals surface area contributed by atoms with Crippen LogP contribution >= 0.6 is 0 Å². The van der Waals surface area contributed by atoms with Crippen LogP contribution < -0.4 is 4.74 Å². The highest BCUT2D eigenvalue weighted by molar-refractivity contribution is 5.78. The van der Waals surface area contributed by atoms with E-state index in [1.165, 1.54) is 16.9 Å². The van der Waals surface area contributed by atoms with Crippen molar-refractivity contribution in [2.24, 2.45) is 0 Å². The van der Waals surface area contributed by atoms with Gasteiger partial charge in [0, 0.05) is 17.3 Å². The summed E-state index contributed by atoms with van der Waals surface area (Å²) in [7, 11) is 1.62. The second-order valence-corrected chi connectivity index (χ2v) is 6.81. The third-order valence-corrected chi connectivity index (χ3v) is 4.81. The van der Waals surface area contributed by atoms with Crippen molar-refractivity contribution in [3.63, 3.8) is 0 Å². The Bertz CT molecular complexity index is 825. The molecule has 0 bridgehead atoms. The van der Waals surface area contributed by atoms with Crippen LogP contribution in [0.4, 0.5) is 0 Å². The molecule has 0 atom stereocenters. The predicted octanol–water partition coefficient (Wildman–Crippen LogP) is 2.80. The lowest BCUT2D eigenvalue weighted by Crippen LogP contribution is -2.36. The van der Waals surface area contributed by atoms with Gasteiger partial charge in [0.1, 0.15) is 12.3 Å². The monoisotopic (exact) mass is 353 g/mol. The van der Waals surface area contributed by atoms with Gasteiger partial charge in [-0.25, -0.2) is 0 Å². The number of allylic oxidation sites excluding steroid dienone is 2. The summed E-state index contributed by atoms with van der Waals surface area (Å²) in [5.41, 5.74) is 1.99. The number of hydrogen-bond donors (Lipinski definition) is 0. The SMILES string of the molecule is COc1cccc(-c2nnn(CC(=O)N(C3=CCCCC3)C3CC3)n2)c1. The number of nitrogens with zero attached hydrogens (tertiary/aromatic N) is 5. The molecule has 1 fully saturated rings. The average molecular weight is 353 g/mol. The molecule has 0 unspecified atom stereocenters. The van der Waals surface area contributed by atoms with Crippen LogP contribution in [0.1, 0.15) is 38.5 Å². The fourth-order valence-electron chi connectivity index (χ4n) is 3.36. The van der Waals surface area contributed by atoms with Gasteiger partial charge in [0.15, 0.2) is 0 Å². The number of tetrazole rings is 1. The Morgan fingerprint density at radius 1 is 1.35 bits per heavy atom. The molecular weight excluding hydrogens is 330 g/mol. The van der Waals surface area contributed by atoms with Gasteiger partial charge in [0.2, 0.25) is 5.82 Å². The van der Waals surface area contributed by atoms with Gasteiger partial charge in [0.25, 0.3) is 5.91 Å². The van der Waals surface area contributed by atoms with Crippen molar-refractivity contribution in [2.75, 3.05) is 7.11 Å². The van der Waals surface area contributed by atoms with Gasteiger partial charge >= 0.3 is 0 Å². The van der Waals surface area contributed by atoms with Crippen molar-refractivity contribution >= 4 is 5.91 Å². The normalized spacial score (nSPS) is 16.9. The molecule has 1 amide bonds. The van der Waals surface area contributed by atoms with Gasteiger partial charge in [-0.05, 0) is 55.9 Å². The van der Waals surface area contributed by atoms with Crippen molar-refractivity contribution < 1.29 is 9.53 Å². The van der Waals surface area contributed by atoms with Crippen LogP contribution in [0, 0.1) is 0 Å². The van der Waals surface area contributed by atoms with Gasteiger partial charge in [0.05, 0.1) is 7.11 Å². The third-order valence-electron chi connectivity index (χ3n) is 4.81. The molecule has 1 heterocycles. The first-order chi connectivity index (χ1) is 12.7. The van der Waals surface area contributed by atoms with E-state index in [1.807, 2.05) is 29.2 Å². The highest BCUT2D eigenvalue weighted by Crippen LogP contribution is 2.33. The Balaban J connectivity index is 1.49. The molecule has 2 aliphatic rings. The first-order valence-corrected chi connectivity index (χ1v) is 9.18. The molecule has 1 aromatic heterocycles. The van der Waals surface area contributed by atoms with E-state index < -0.39 is 0 Å². The lowest BCUT2D eigenvalue weighted by atomic mass is 10.0. The van der Waals surface area contributed by atoms with Gasteiger partial charge < -0.3 is 9.64 Å². The maximum atomic E-state index is 12.9.